The topological polar surface area (TPSA) is 49.4 Å². The summed E-state index contributed by atoms with van der Waals surface area (Å²) in [6.45, 7) is 0.798. The van der Waals surface area contributed by atoms with E-state index in [2.05, 4.69) is 5.32 Å². The minimum Gasteiger partial charge on any atom is -0.294 e. The molecule has 1 aliphatic heterocycles. The molecule has 0 bridgehead atoms. The summed E-state index contributed by atoms with van der Waals surface area (Å²) >= 11 is 0. The molecular formula is C11H18N2O2. The van der Waals surface area contributed by atoms with Gasteiger partial charge in [-0.05, 0) is 12.8 Å². The summed E-state index contributed by atoms with van der Waals surface area (Å²) in [6, 6.07) is 0.447. The Morgan fingerprint density at radius 2 is 1.47 bits per heavy atom. The van der Waals surface area contributed by atoms with Gasteiger partial charge in [0.1, 0.15) is 0 Å². The zero-order chi connectivity index (χ0) is 10.7. The molecule has 84 valence electrons. The second kappa shape index (κ2) is 4.75. The van der Waals surface area contributed by atoms with Gasteiger partial charge in [-0.15, -0.1) is 0 Å². The van der Waals surface area contributed by atoms with E-state index in [1.165, 1.54) is 25.7 Å². The van der Waals surface area contributed by atoms with Gasteiger partial charge in [0.05, 0.1) is 13.1 Å². The van der Waals surface area contributed by atoms with Crippen molar-refractivity contribution in [3.63, 3.8) is 0 Å². The van der Waals surface area contributed by atoms with E-state index < -0.39 is 0 Å². The van der Waals surface area contributed by atoms with Crippen molar-refractivity contribution >= 4 is 11.8 Å². The fraction of sp³-hybridized carbons (Fsp3) is 0.818. The van der Waals surface area contributed by atoms with Crippen molar-refractivity contribution in [3.05, 3.63) is 0 Å². The van der Waals surface area contributed by atoms with Crippen molar-refractivity contribution in [2.24, 2.45) is 0 Å². The predicted octanol–water partition coefficient (Wildman–Crippen LogP) is 0.668. The Morgan fingerprint density at radius 1 is 0.933 bits per heavy atom. The number of carbonyl (C=O) groups is 2. The maximum Gasteiger partial charge on any atom is 0.240 e. The first-order valence-electron chi connectivity index (χ1n) is 5.82. The highest BCUT2D eigenvalue weighted by atomic mass is 16.2. The molecule has 1 saturated carbocycles. The minimum absolute atomic E-state index is 0.143. The quantitative estimate of drug-likeness (QED) is 0.511. The smallest absolute Gasteiger partial charge is 0.240 e. The van der Waals surface area contributed by atoms with Crippen LogP contribution < -0.4 is 5.32 Å². The monoisotopic (exact) mass is 210 g/mol. The van der Waals surface area contributed by atoms with Crippen LogP contribution in [0.5, 0.6) is 0 Å². The lowest BCUT2D eigenvalue weighted by Gasteiger charge is -2.32. The van der Waals surface area contributed by atoms with Crippen LogP contribution in [0, 0.1) is 0 Å². The lowest BCUT2D eigenvalue weighted by Crippen LogP contribution is -2.54. The van der Waals surface area contributed by atoms with E-state index >= 15 is 0 Å². The third kappa shape index (κ3) is 2.78. The molecule has 2 aliphatic rings. The van der Waals surface area contributed by atoms with Crippen molar-refractivity contribution < 1.29 is 9.59 Å². The van der Waals surface area contributed by atoms with Gasteiger partial charge in [-0.3, -0.25) is 19.8 Å². The average Bonchev–Trinajstić information content (AvgIpc) is 2.43. The zero-order valence-corrected chi connectivity index (χ0v) is 9.00. The second-order valence-corrected chi connectivity index (χ2v) is 4.52. The number of imide groups is 1. The van der Waals surface area contributed by atoms with Crippen molar-refractivity contribution in [1.29, 1.82) is 0 Å². The molecule has 0 unspecified atom stereocenters. The molecule has 0 atom stereocenters. The molecule has 1 saturated heterocycles. The number of piperazine rings is 1. The number of nitrogens with one attached hydrogen (secondary N) is 1. The van der Waals surface area contributed by atoms with Gasteiger partial charge in [0.15, 0.2) is 0 Å². The number of amides is 2. The maximum atomic E-state index is 11.2. The van der Waals surface area contributed by atoms with Gasteiger partial charge in [0.25, 0.3) is 0 Å². The summed E-state index contributed by atoms with van der Waals surface area (Å²) in [6.07, 6.45) is 7.34. The fourth-order valence-electron chi connectivity index (χ4n) is 2.54. The lowest BCUT2D eigenvalue weighted by atomic mass is 10.1. The van der Waals surface area contributed by atoms with Gasteiger partial charge in [0.2, 0.25) is 11.8 Å². The summed E-state index contributed by atoms with van der Waals surface area (Å²) in [5, 5.41) is 2.34. The van der Waals surface area contributed by atoms with Gasteiger partial charge < -0.3 is 0 Å². The van der Waals surface area contributed by atoms with Crippen molar-refractivity contribution in [1.82, 2.24) is 10.2 Å². The number of hydrogen-bond acceptors (Lipinski definition) is 3. The molecule has 1 heterocycles. The first-order chi connectivity index (χ1) is 7.25. The Labute approximate surface area is 90.0 Å². The van der Waals surface area contributed by atoms with E-state index in [9.17, 15) is 9.59 Å². The van der Waals surface area contributed by atoms with Gasteiger partial charge in [-0.2, -0.15) is 0 Å². The first-order valence-corrected chi connectivity index (χ1v) is 5.82. The Hall–Kier alpha value is -0.900. The third-order valence-corrected chi connectivity index (χ3v) is 3.31. The molecule has 0 aromatic heterocycles. The van der Waals surface area contributed by atoms with Crippen LogP contribution in [0.4, 0.5) is 0 Å². The molecule has 0 spiro atoms. The molecule has 2 amide bonds. The summed E-state index contributed by atoms with van der Waals surface area (Å²) in [7, 11) is 0. The van der Waals surface area contributed by atoms with Crippen LogP contribution >= 0.6 is 0 Å². The Balaban J connectivity index is 1.95. The molecule has 0 aromatic carbocycles. The highest BCUT2D eigenvalue weighted by Gasteiger charge is 2.28. The average molecular weight is 210 g/mol. The summed E-state index contributed by atoms with van der Waals surface area (Å²) in [5.74, 6) is -0.286. The highest BCUT2D eigenvalue weighted by molar-refractivity contribution is 5.99. The van der Waals surface area contributed by atoms with Gasteiger partial charge in [0, 0.05) is 6.04 Å². The summed E-state index contributed by atoms with van der Waals surface area (Å²) < 4.78 is 0. The molecule has 0 radical (unpaired) electrons. The normalized spacial score (nSPS) is 26.1. The molecule has 4 nitrogen and oxygen atoms in total. The summed E-state index contributed by atoms with van der Waals surface area (Å²) in [5.41, 5.74) is 0. The first kappa shape index (κ1) is 10.6. The van der Waals surface area contributed by atoms with Gasteiger partial charge in [-0.1, -0.05) is 25.7 Å². The Bertz CT molecular complexity index is 241. The highest BCUT2D eigenvalue weighted by Crippen LogP contribution is 2.22. The molecule has 2 rings (SSSR count). The van der Waals surface area contributed by atoms with E-state index in [1.807, 2.05) is 4.90 Å². The van der Waals surface area contributed by atoms with Crippen LogP contribution in [0.1, 0.15) is 38.5 Å². The second-order valence-electron chi connectivity index (χ2n) is 4.52. The van der Waals surface area contributed by atoms with Crippen LogP contribution in [0.2, 0.25) is 0 Å². The molecule has 4 heteroatoms. The third-order valence-electron chi connectivity index (χ3n) is 3.31. The largest absolute Gasteiger partial charge is 0.294 e. The van der Waals surface area contributed by atoms with Crippen LogP contribution in [-0.4, -0.2) is 35.8 Å². The van der Waals surface area contributed by atoms with E-state index in [0.29, 0.717) is 19.1 Å². The Kier molecular flexibility index (Phi) is 3.36. The molecular weight excluding hydrogens is 192 g/mol. The molecule has 0 aromatic rings. The number of rotatable bonds is 1. The molecule has 2 fully saturated rings. The number of hydrogen-bond donors (Lipinski definition) is 1. The minimum atomic E-state index is -0.143. The lowest BCUT2D eigenvalue weighted by molar-refractivity contribution is -0.137. The maximum absolute atomic E-state index is 11.2. The van der Waals surface area contributed by atoms with E-state index in [0.717, 1.165) is 12.8 Å². The van der Waals surface area contributed by atoms with Crippen LogP contribution in [0.3, 0.4) is 0 Å². The standard InChI is InChI=1S/C11H18N2O2/c14-10-7-13(8-11(15)12-10)9-5-3-1-2-4-6-9/h9H,1-8H2,(H,12,14,15). The SMILES string of the molecule is O=C1CN(C2CCCCCC2)CC(=O)N1. The van der Waals surface area contributed by atoms with Gasteiger partial charge in [-0.25, -0.2) is 0 Å². The van der Waals surface area contributed by atoms with Crippen LogP contribution in [0.15, 0.2) is 0 Å². The Morgan fingerprint density at radius 3 is 2.00 bits per heavy atom. The summed E-state index contributed by atoms with van der Waals surface area (Å²) in [4.78, 5) is 24.5. The van der Waals surface area contributed by atoms with E-state index in [4.69, 9.17) is 0 Å². The molecule has 15 heavy (non-hydrogen) atoms. The molecule has 1 N–H and O–H groups in total. The van der Waals surface area contributed by atoms with Crippen LogP contribution in [0.25, 0.3) is 0 Å². The van der Waals surface area contributed by atoms with Crippen molar-refractivity contribution in [2.45, 2.75) is 44.6 Å². The van der Waals surface area contributed by atoms with Gasteiger partial charge >= 0.3 is 0 Å². The van der Waals surface area contributed by atoms with E-state index in [-0.39, 0.29) is 11.8 Å². The van der Waals surface area contributed by atoms with Crippen LogP contribution in [-0.2, 0) is 9.59 Å². The van der Waals surface area contributed by atoms with E-state index in [1.54, 1.807) is 0 Å². The zero-order valence-electron chi connectivity index (χ0n) is 9.00. The fourth-order valence-corrected chi connectivity index (χ4v) is 2.54. The van der Waals surface area contributed by atoms with Crippen molar-refractivity contribution in [2.75, 3.05) is 13.1 Å². The van der Waals surface area contributed by atoms with Crippen molar-refractivity contribution in [3.8, 4) is 0 Å². The number of nitrogens with zero attached hydrogens (tertiary/aromatic N) is 1. The number of carbonyl (C=O) groups excluding carboxylic acids is 2. The predicted molar refractivity (Wildman–Crippen MR) is 56.2 cm³/mol. The molecule has 1 aliphatic carbocycles.